The van der Waals surface area contributed by atoms with Crippen LogP contribution in [0.2, 0.25) is 0 Å². The fourth-order valence-electron chi connectivity index (χ4n) is 2.75. The zero-order valence-corrected chi connectivity index (χ0v) is 15.7. The molecule has 11 heteroatoms. The molecule has 150 valence electrons. The van der Waals surface area contributed by atoms with Gasteiger partial charge in [-0.25, -0.2) is 12.8 Å². The number of hydrogen-bond acceptors (Lipinski definition) is 6. The lowest BCUT2D eigenvalue weighted by Crippen LogP contribution is -2.47. The second-order valence-corrected chi connectivity index (χ2v) is 8.19. The standard InChI is InChI=1S/C17H17F2N3O5S/c1-20-7-9-21(10-8-20)28(25,26)12-5-6-15(14(11-12)22(23)24)27-16-4-2-3-13(18)17(16)19/h2-6,11H,7-10H2,1H3. The zero-order chi connectivity index (χ0) is 20.5. The second-order valence-electron chi connectivity index (χ2n) is 6.25. The molecule has 0 spiro atoms. The zero-order valence-electron chi connectivity index (χ0n) is 14.8. The quantitative estimate of drug-likeness (QED) is 0.553. The van der Waals surface area contributed by atoms with Crippen molar-refractivity contribution in [2.45, 2.75) is 4.90 Å². The Bertz CT molecular complexity index is 1010. The summed E-state index contributed by atoms with van der Waals surface area (Å²) in [6.07, 6.45) is 0. The average Bonchev–Trinajstić information content (AvgIpc) is 2.66. The Kier molecular flexibility index (Phi) is 5.59. The predicted molar refractivity (Wildman–Crippen MR) is 95.8 cm³/mol. The highest BCUT2D eigenvalue weighted by atomic mass is 32.2. The van der Waals surface area contributed by atoms with Gasteiger partial charge >= 0.3 is 5.69 Å². The van der Waals surface area contributed by atoms with Crippen molar-refractivity contribution < 1.29 is 26.9 Å². The minimum atomic E-state index is -3.93. The maximum absolute atomic E-state index is 13.8. The number of nitrogens with zero attached hydrogens (tertiary/aromatic N) is 3. The molecule has 0 atom stereocenters. The Balaban J connectivity index is 1.95. The molecule has 0 unspecified atom stereocenters. The largest absolute Gasteiger partial charge is 0.447 e. The van der Waals surface area contributed by atoms with Crippen molar-refractivity contribution in [2.75, 3.05) is 33.2 Å². The number of ether oxygens (including phenoxy) is 1. The molecule has 0 saturated carbocycles. The van der Waals surface area contributed by atoms with Crippen LogP contribution < -0.4 is 4.74 Å². The van der Waals surface area contributed by atoms with Crippen molar-refractivity contribution in [3.05, 3.63) is 58.1 Å². The highest BCUT2D eigenvalue weighted by Crippen LogP contribution is 2.35. The number of rotatable bonds is 5. The van der Waals surface area contributed by atoms with E-state index in [-0.39, 0.29) is 18.0 Å². The summed E-state index contributed by atoms with van der Waals surface area (Å²) in [6, 6.07) is 6.24. The number of halogens is 2. The first kappa shape index (κ1) is 20.1. The fourth-order valence-corrected chi connectivity index (χ4v) is 4.19. The topological polar surface area (TPSA) is 93.0 Å². The summed E-state index contributed by atoms with van der Waals surface area (Å²) < 4.78 is 59.0. The molecule has 1 fully saturated rings. The van der Waals surface area contributed by atoms with E-state index < -0.39 is 43.8 Å². The number of likely N-dealkylation sites (N-methyl/N-ethyl adjacent to an activating group) is 1. The van der Waals surface area contributed by atoms with Gasteiger partial charge in [0.2, 0.25) is 21.6 Å². The highest BCUT2D eigenvalue weighted by molar-refractivity contribution is 7.89. The summed E-state index contributed by atoms with van der Waals surface area (Å²) in [5.74, 6) is -3.41. The molecule has 1 saturated heterocycles. The second kappa shape index (κ2) is 7.78. The molecule has 1 heterocycles. The van der Waals surface area contributed by atoms with Crippen LogP contribution in [0.4, 0.5) is 14.5 Å². The van der Waals surface area contributed by atoms with Crippen LogP contribution in [0.15, 0.2) is 41.3 Å². The van der Waals surface area contributed by atoms with E-state index in [1.807, 2.05) is 11.9 Å². The molecule has 3 rings (SSSR count). The maximum atomic E-state index is 13.8. The number of benzene rings is 2. The smallest absolute Gasteiger partial charge is 0.312 e. The van der Waals surface area contributed by atoms with Crippen LogP contribution in [0, 0.1) is 21.7 Å². The van der Waals surface area contributed by atoms with Crippen LogP contribution in [0.5, 0.6) is 11.5 Å². The monoisotopic (exact) mass is 413 g/mol. The summed E-state index contributed by atoms with van der Waals surface area (Å²) in [7, 11) is -2.07. The Morgan fingerprint density at radius 1 is 1.07 bits per heavy atom. The van der Waals surface area contributed by atoms with Gasteiger partial charge < -0.3 is 9.64 Å². The van der Waals surface area contributed by atoms with Gasteiger partial charge in [0.1, 0.15) is 0 Å². The Hall–Kier alpha value is -2.63. The van der Waals surface area contributed by atoms with E-state index in [0.29, 0.717) is 13.1 Å². The van der Waals surface area contributed by atoms with Gasteiger partial charge in [-0.05, 0) is 31.3 Å². The fraction of sp³-hybridized carbons (Fsp3) is 0.294. The van der Waals surface area contributed by atoms with Crippen LogP contribution >= 0.6 is 0 Å². The van der Waals surface area contributed by atoms with Crippen LogP contribution in [0.25, 0.3) is 0 Å². The predicted octanol–water partition coefficient (Wildman–Crippen LogP) is 2.60. The highest BCUT2D eigenvalue weighted by Gasteiger charge is 2.30. The third-order valence-electron chi connectivity index (χ3n) is 4.36. The van der Waals surface area contributed by atoms with Crippen LogP contribution in [-0.2, 0) is 10.0 Å². The molecule has 2 aromatic carbocycles. The van der Waals surface area contributed by atoms with Crippen molar-refractivity contribution in [3.8, 4) is 11.5 Å². The summed E-state index contributed by atoms with van der Waals surface area (Å²) in [6.45, 7) is 1.61. The van der Waals surface area contributed by atoms with E-state index in [1.165, 1.54) is 10.4 Å². The molecule has 1 aliphatic heterocycles. The molecule has 0 N–H and O–H groups in total. The van der Waals surface area contributed by atoms with E-state index in [9.17, 15) is 27.3 Å². The van der Waals surface area contributed by atoms with E-state index in [2.05, 4.69) is 0 Å². The molecule has 28 heavy (non-hydrogen) atoms. The van der Waals surface area contributed by atoms with Crippen LogP contribution in [-0.4, -0.2) is 55.8 Å². The Morgan fingerprint density at radius 3 is 2.39 bits per heavy atom. The third kappa shape index (κ3) is 3.96. The minimum absolute atomic E-state index is 0.263. The van der Waals surface area contributed by atoms with Gasteiger partial charge in [0.25, 0.3) is 0 Å². The summed E-state index contributed by atoms with van der Waals surface area (Å²) in [5.41, 5.74) is -0.668. The van der Waals surface area contributed by atoms with E-state index in [1.54, 1.807) is 0 Å². The van der Waals surface area contributed by atoms with Crippen molar-refractivity contribution in [1.82, 2.24) is 9.21 Å². The lowest BCUT2D eigenvalue weighted by Gasteiger charge is -2.31. The Labute approximate surface area is 160 Å². The number of sulfonamides is 1. The van der Waals surface area contributed by atoms with Crippen LogP contribution in [0.1, 0.15) is 0 Å². The van der Waals surface area contributed by atoms with Gasteiger partial charge in [0, 0.05) is 32.2 Å². The summed E-state index contributed by atoms with van der Waals surface area (Å²) in [4.78, 5) is 12.3. The minimum Gasteiger partial charge on any atom is -0.447 e. The third-order valence-corrected chi connectivity index (χ3v) is 6.26. The average molecular weight is 413 g/mol. The number of nitro groups is 1. The molecule has 0 radical (unpaired) electrons. The van der Waals surface area contributed by atoms with Crippen molar-refractivity contribution in [3.63, 3.8) is 0 Å². The normalized spacial score (nSPS) is 16.1. The van der Waals surface area contributed by atoms with Gasteiger partial charge in [-0.2, -0.15) is 8.70 Å². The molecule has 0 amide bonds. The first-order valence-electron chi connectivity index (χ1n) is 8.29. The molecule has 0 aromatic heterocycles. The van der Waals surface area contributed by atoms with Crippen molar-refractivity contribution in [1.29, 1.82) is 0 Å². The Morgan fingerprint density at radius 2 is 1.75 bits per heavy atom. The van der Waals surface area contributed by atoms with E-state index in [4.69, 9.17) is 4.74 Å². The lowest BCUT2D eigenvalue weighted by atomic mass is 10.3. The summed E-state index contributed by atoms with van der Waals surface area (Å²) in [5, 5.41) is 11.4. The van der Waals surface area contributed by atoms with Gasteiger partial charge in [-0.15, -0.1) is 0 Å². The van der Waals surface area contributed by atoms with Gasteiger partial charge in [-0.3, -0.25) is 10.1 Å². The van der Waals surface area contributed by atoms with Gasteiger partial charge in [0.05, 0.1) is 9.82 Å². The molecule has 1 aliphatic rings. The lowest BCUT2D eigenvalue weighted by molar-refractivity contribution is -0.385. The number of piperazine rings is 1. The first-order valence-corrected chi connectivity index (χ1v) is 9.73. The molecular weight excluding hydrogens is 396 g/mol. The molecule has 0 aliphatic carbocycles. The molecular formula is C17H17F2N3O5S. The van der Waals surface area contributed by atoms with Crippen LogP contribution in [0.3, 0.4) is 0 Å². The number of hydrogen-bond donors (Lipinski definition) is 0. The first-order chi connectivity index (χ1) is 13.2. The number of nitro benzene ring substituents is 1. The maximum Gasteiger partial charge on any atom is 0.312 e. The van der Waals surface area contributed by atoms with E-state index in [0.717, 1.165) is 30.3 Å². The summed E-state index contributed by atoms with van der Waals surface area (Å²) >= 11 is 0. The SMILES string of the molecule is CN1CCN(S(=O)(=O)c2ccc(Oc3cccc(F)c3F)c([N+](=O)[O-])c2)CC1. The van der Waals surface area contributed by atoms with Gasteiger partial charge in [-0.1, -0.05) is 6.07 Å². The van der Waals surface area contributed by atoms with Gasteiger partial charge in [0.15, 0.2) is 11.6 Å². The molecule has 0 bridgehead atoms. The molecule has 8 nitrogen and oxygen atoms in total. The van der Waals surface area contributed by atoms with Crippen molar-refractivity contribution in [2.24, 2.45) is 0 Å². The van der Waals surface area contributed by atoms with Crippen molar-refractivity contribution >= 4 is 15.7 Å². The van der Waals surface area contributed by atoms with E-state index >= 15 is 0 Å². The molecule has 2 aromatic rings.